The smallest absolute Gasteiger partial charge is 0.293 e. The van der Waals surface area contributed by atoms with Crippen molar-refractivity contribution in [1.82, 2.24) is 14.5 Å². The number of hydrogen-bond acceptors (Lipinski definition) is 7. The van der Waals surface area contributed by atoms with Crippen molar-refractivity contribution in [1.29, 1.82) is 0 Å². The predicted octanol–water partition coefficient (Wildman–Crippen LogP) is 7.99. The SMILES string of the molecule is CCn1c(-c2cccnc2C(C)OC)c(CC(C)(C)COC=O)c2cc(-c3csc(CCCCCCC=O)n3)ccc21. The summed E-state index contributed by atoms with van der Waals surface area (Å²) in [6.07, 6.45) is 9.24. The first-order valence-electron chi connectivity index (χ1n) is 14.9. The first kappa shape index (κ1) is 31.6. The number of fused-ring (bicyclic) bond motifs is 1. The Hall–Kier alpha value is -3.36. The van der Waals surface area contributed by atoms with Crippen molar-refractivity contribution >= 4 is 35.0 Å². The number of carbonyl (C=O) groups excluding carboxylic acids is 2. The Morgan fingerprint density at radius 2 is 1.93 bits per heavy atom. The number of aromatic nitrogens is 3. The molecule has 0 bridgehead atoms. The van der Waals surface area contributed by atoms with E-state index in [1.165, 1.54) is 10.9 Å². The Kier molecular flexibility index (Phi) is 11.0. The first-order chi connectivity index (χ1) is 20.3. The fraction of sp³-hybridized carbons (Fsp3) is 0.471. The number of pyridine rings is 1. The minimum absolute atomic E-state index is 0.169. The van der Waals surface area contributed by atoms with Crippen molar-refractivity contribution in [2.24, 2.45) is 5.41 Å². The molecule has 0 fully saturated rings. The zero-order valence-electron chi connectivity index (χ0n) is 25.5. The van der Waals surface area contributed by atoms with Crippen LogP contribution in [0.15, 0.2) is 41.9 Å². The number of thiazole rings is 1. The van der Waals surface area contributed by atoms with Crippen molar-refractivity contribution in [3.8, 4) is 22.5 Å². The van der Waals surface area contributed by atoms with Crippen LogP contribution in [0.1, 0.15) is 82.2 Å². The number of hydrogen-bond donors (Lipinski definition) is 0. The number of benzene rings is 1. The van der Waals surface area contributed by atoms with Crippen LogP contribution in [-0.4, -0.2) is 41.0 Å². The molecule has 1 atom stereocenters. The zero-order chi connectivity index (χ0) is 30.1. The summed E-state index contributed by atoms with van der Waals surface area (Å²) in [4.78, 5) is 31.3. The highest BCUT2D eigenvalue weighted by atomic mass is 32.1. The summed E-state index contributed by atoms with van der Waals surface area (Å²) in [6.45, 7) is 10.1. The van der Waals surface area contributed by atoms with E-state index in [4.69, 9.17) is 19.4 Å². The molecule has 224 valence electrons. The number of nitrogens with zero attached hydrogens (tertiary/aromatic N) is 3. The molecule has 3 aromatic heterocycles. The third-order valence-corrected chi connectivity index (χ3v) is 8.73. The van der Waals surface area contributed by atoms with Gasteiger partial charge in [-0.2, -0.15) is 0 Å². The summed E-state index contributed by atoms with van der Waals surface area (Å²) in [5, 5.41) is 4.48. The molecule has 0 saturated carbocycles. The van der Waals surface area contributed by atoms with Crippen molar-refractivity contribution in [3.63, 3.8) is 0 Å². The van der Waals surface area contributed by atoms with Gasteiger partial charge in [0, 0.05) is 59.1 Å². The van der Waals surface area contributed by atoms with Gasteiger partial charge in [-0.25, -0.2) is 4.98 Å². The van der Waals surface area contributed by atoms with E-state index in [0.29, 0.717) is 25.9 Å². The van der Waals surface area contributed by atoms with Crippen LogP contribution in [-0.2, 0) is 38.4 Å². The summed E-state index contributed by atoms with van der Waals surface area (Å²) in [7, 11) is 1.71. The molecule has 4 rings (SSSR count). The summed E-state index contributed by atoms with van der Waals surface area (Å²) in [5.41, 5.74) is 7.25. The van der Waals surface area contributed by atoms with E-state index in [0.717, 1.165) is 83.7 Å². The van der Waals surface area contributed by atoms with Crippen LogP contribution in [0.3, 0.4) is 0 Å². The van der Waals surface area contributed by atoms with Crippen LogP contribution in [0.2, 0.25) is 0 Å². The van der Waals surface area contributed by atoms with E-state index in [-0.39, 0.29) is 11.5 Å². The maximum atomic E-state index is 11.1. The summed E-state index contributed by atoms with van der Waals surface area (Å²) in [5.74, 6) is 0. The van der Waals surface area contributed by atoms with Gasteiger partial charge in [0.15, 0.2) is 0 Å². The molecule has 0 amide bonds. The topological polar surface area (TPSA) is 83.3 Å². The van der Waals surface area contributed by atoms with Gasteiger partial charge >= 0.3 is 0 Å². The molecule has 0 radical (unpaired) electrons. The van der Waals surface area contributed by atoms with Crippen LogP contribution >= 0.6 is 11.3 Å². The fourth-order valence-corrected chi connectivity index (χ4v) is 6.51. The third kappa shape index (κ3) is 7.34. The van der Waals surface area contributed by atoms with Crippen LogP contribution in [0, 0.1) is 5.41 Å². The molecule has 7 nitrogen and oxygen atoms in total. The number of aryl methyl sites for hydroxylation is 2. The highest BCUT2D eigenvalue weighted by molar-refractivity contribution is 7.09. The molecule has 0 spiro atoms. The van der Waals surface area contributed by atoms with E-state index in [2.05, 4.69) is 55.0 Å². The molecule has 1 aromatic carbocycles. The molecule has 0 aliphatic rings. The number of carbonyl (C=O) groups is 2. The average molecular weight is 590 g/mol. The largest absolute Gasteiger partial charge is 0.467 e. The van der Waals surface area contributed by atoms with E-state index in [1.54, 1.807) is 18.4 Å². The highest BCUT2D eigenvalue weighted by Crippen LogP contribution is 2.41. The lowest BCUT2D eigenvalue weighted by Crippen LogP contribution is -2.22. The molecule has 0 N–H and O–H groups in total. The monoisotopic (exact) mass is 589 g/mol. The van der Waals surface area contributed by atoms with Crippen LogP contribution in [0.5, 0.6) is 0 Å². The van der Waals surface area contributed by atoms with Crippen LogP contribution < -0.4 is 0 Å². The van der Waals surface area contributed by atoms with E-state index in [9.17, 15) is 9.59 Å². The normalized spacial score (nSPS) is 12.5. The maximum Gasteiger partial charge on any atom is 0.293 e. The average Bonchev–Trinajstić information content (AvgIpc) is 3.59. The second-order valence-electron chi connectivity index (χ2n) is 11.6. The number of methoxy groups -OCH3 is 1. The highest BCUT2D eigenvalue weighted by Gasteiger charge is 2.28. The molecule has 8 heteroatoms. The number of aldehydes is 1. The Labute approximate surface area is 253 Å². The second-order valence-corrected chi connectivity index (χ2v) is 12.6. The Bertz CT molecular complexity index is 1490. The second kappa shape index (κ2) is 14.7. The number of ether oxygens (including phenoxy) is 2. The van der Waals surface area contributed by atoms with E-state index >= 15 is 0 Å². The maximum absolute atomic E-state index is 11.1. The number of rotatable bonds is 17. The van der Waals surface area contributed by atoms with Gasteiger partial charge in [0.25, 0.3) is 6.47 Å². The molecular weight excluding hydrogens is 546 g/mol. The summed E-state index contributed by atoms with van der Waals surface area (Å²) >= 11 is 1.71. The van der Waals surface area contributed by atoms with Crippen molar-refractivity contribution in [3.05, 3.63) is 58.2 Å². The van der Waals surface area contributed by atoms with Gasteiger partial charge in [-0.15, -0.1) is 11.3 Å². The molecule has 42 heavy (non-hydrogen) atoms. The van der Waals surface area contributed by atoms with Gasteiger partial charge < -0.3 is 18.8 Å². The van der Waals surface area contributed by atoms with Gasteiger partial charge in [0.2, 0.25) is 0 Å². The van der Waals surface area contributed by atoms with Gasteiger partial charge in [0.05, 0.1) is 34.8 Å². The minimum atomic E-state index is -0.284. The number of unbranched alkanes of at least 4 members (excludes halogenated alkanes) is 4. The van der Waals surface area contributed by atoms with Gasteiger partial charge in [-0.1, -0.05) is 32.8 Å². The Morgan fingerprint density at radius 1 is 1.12 bits per heavy atom. The van der Waals surface area contributed by atoms with Crippen LogP contribution in [0.25, 0.3) is 33.4 Å². The first-order valence-corrected chi connectivity index (χ1v) is 15.8. The quantitative estimate of drug-likeness (QED) is 0.0917. The lowest BCUT2D eigenvalue weighted by molar-refractivity contribution is -0.131. The van der Waals surface area contributed by atoms with E-state index in [1.807, 2.05) is 19.2 Å². The lowest BCUT2D eigenvalue weighted by atomic mass is 9.84. The standard InChI is InChI=1S/C34H43N3O4S/c1-6-37-30-16-15-25(29-21-42-31(36-29)14-10-8-7-9-11-18-38)19-27(30)28(20-34(3,4)22-41-23-39)33(37)26-13-12-17-35-32(26)24(2)40-5/h12-13,15-19,21,23-24H,6-11,14,20,22H2,1-5H3. The van der Waals surface area contributed by atoms with Gasteiger partial charge in [0.1, 0.15) is 6.29 Å². The van der Waals surface area contributed by atoms with Gasteiger partial charge in [-0.05, 0) is 69.4 Å². The fourth-order valence-electron chi connectivity index (χ4n) is 5.66. The predicted molar refractivity (Wildman–Crippen MR) is 170 cm³/mol. The Balaban J connectivity index is 1.78. The van der Waals surface area contributed by atoms with Crippen molar-refractivity contribution in [2.75, 3.05) is 13.7 Å². The third-order valence-electron chi connectivity index (χ3n) is 7.82. The minimum Gasteiger partial charge on any atom is -0.467 e. The van der Waals surface area contributed by atoms with Crippen molar-refractivity contribution < 1.29 is 19.1 Å². The molecule has 0 saturated heterocycles. The zero-order valence-corrected chi connectivity index (χ0v) is 26.3. The van der Waals surface area contributed by atoms with E-state index < -0.39 is 0 Å². The molecule has 0 aliphatic carbocycles. The van der Waals surface area contributed by atoms with Gasteiger partial charge in [-0.3, -0.25) is 9.78 Å². The summed E-state index contributed by atoms with van der Waals surface area (Å²) < 4.78 is 13.3. The molecule has 3 heterocycles. The molecule has 0 aliphatic heterocycles. The molecule has 4 aromatic rings. The lowest BCUT2D eigenvalue weighted by Gasteiger charge is -2.25. The summed E-state index contributed by atoms with van der Waals surface area (Å²) in [6, 6.07) is 10.8. The molecule has 1 unspecified atom stereocenters. The van der Waals surface area contributed by atoms with Crippen LogP contribution in [0.4, 0.5) is 0 Å². The Morgan fingerprint density at radius 3 is 2.67 bits per heavy atom. The van der Waals surface area contributed by atoms with Crippen molar-refractivity contribution in [2.45, 2.75) is 85.3 Å². The molecular formula is C34H43N3O4S.